The van der Waals surface area contributed by atoms with Gasteiger partial charge < -0.3 is 5.01 Å². The molecule has 0 spiro atoms. The molecule has 1 N–H and O–H groups in total. The Morgan fingerprint density at radius 3 is 2.57 bits per heavy atom. The standard InChI is InChI=1S/C11H17ClN2/c1-2-10-14(13-9-8-12)11-6-4-3-5-7-11/h3-7,13H,2,8-10H2,1H3. The number of nitrogens with one attached hydrogen (secondary N) is 1. The molecular formula is C11H17ClN2. The van der Waals surface area contributed by atoms with Gasteiger partial charge in [0.2, 0.25) is 0 Å². The van der Waals surface area contributed by atoms with Gasteiger partial charge in [0, 0.05) is 19.0 Å². The van der Waals surface area contributed by atoms with E-state index in [9.17, 15) is 0 Å². The molecule has 0 aromatic heterocycles. The van der Waals surface area contributed by atoms with Crippen molar-refractivity contribution in [3.05, 3.63) is 30.3 Å². The third-order valence-electron chi connectivity index (χ3n) is 1.91. The Balaban J connectivity index is 2.58. The fourth-order valence-electron chi connectivity index (χ4n) is 1.31. The molecule has 1 aromatic rings. The van der Waals surface area contributed by atoms with Crippen LogP contribution in [0.2, 0.25) is 0 Å². The lowest BCUT2D eigenvalue weighted by Gasteiger charge is -2.24. The lowest BCUT2D eigenvalue weighted by Crippen LogP contribution is -2.39. The first-order valence-electron chi connectivity index (χ1n) is 5.00. The maximum atomic E-state index is 5.64. The monoisotopic (exact) mass is 212 g/mol. The van der Waals surface area contributed by atoms with Gasteiger partial charge in [0.25, 0.3) is 0 Å². The van der Waals surface area contributed by atoms with Crippen LogP contribution in [-0.2, 0) is 0 Å². The van der Waals surface area contributed by atoms with Crippen molar-refractivity contribution < 1.29 is 0 Å². The first-order chi connectivity index (χ1) is 6.88. The van der Waals surface area contributed by atoms with E-state index in [1.165, 1.54) is 5.69 Å². The van der Waals surface area contributed by atoms with Gasteiger partial charge in [-0.3, -0.25) is 0 Å². The van der Waals surface area contributed by atoms with E-state index in [4.69, 9.17) is 11.6 Å². The van der Waals surface area contributed by atoms with Gasteiger partial charge in [0.1, 0.15) is 0 Å². The molecule has 0 aliphatic rings. The molecule has 2 nitrogen and oxygen atoms in total. The largest absolute Gasteiger partial charge is 0.308 e. The summed E-state index contributed by atoms with van der Waals surface area (Å²) in [4.78, 5) is 0. The molecule has 0 heterocycles. The Labute approximate surface area is 90.8 Å². The SMILES string of the molecule is CCCN(NCCCl)c1ccccc1. The smallest absolute Gasteiger partial charge is 0.0519 e. The molecule has 0 saturated carbocycles. The maximum absolute atomic E-state index is 5.64. The Morgan fingerprint density at radius 1 is 1.29 bits per heavy atom. The van der Waals surface area contributed by atoms with E-state index in [-0.39, 0.29) is 0 Å². The molecule has 0 unspecified atom stereocenters. The van der Waals surface area contributed by atoms with E-state index in [0.29, 0.717) is 5.88 Å². The minimum absolute atomic E-state index is 0.632. The van der Waals surface area contributed by atoms with Gasteiger partial charge in [0.15, 0.2) is 0 Å². The predicted octanol–water partition coefficient (Wildman–Crippen LogP) is 2.65. The quantitative estimate of drug-likeness (QED) is 0.576. The summed E-state index contributed by atoms with van der Waals surface area (Å²) in [6.07, 6.45) is 1.12. The number of para-hydroxylation sites is 1. The summed E-state index contributed by atoms with van der Waals surface area (Å²) in [6.45, 7) is 3.97. The van der Waals surface area contributed by atoms with Crippen LogP contribution in [0, 0.1) is 0 Å². The Morgan fingerprint density at radius 2 is 2.00 bits per heavy atom. The molecular weight excluding hydrogens is 196 g/mol. The van der Waals surface area contributed by atoms with Crippen LogP contribution in [-0.4, -0.2) is 19.0 Å². The number of halogens is 1. The van der Waals surface area contributed by atoms with E-state index in [2.05, 4.69) is 29.5 Å². The number of rotatable bonds is 6. The molecule has 0 saturated heterocycles. The lowest BCUT2D eigenvalue weighted by molar-refractivity contribution is 0.639. The van der Waals surface area contributed by atoms with Crippen LogP contribution in [0.4, 0.5) is 5.69 Å². The van der Waals surface area contributed by atoms with Crippen LogP contribution in [0.15, 0.2) is 30.3 Å². The number of hydrogen-bond donors (Lipinski definition) is 1. The second-order valence-electron chi connectivity index (χ2n) is 3.08. The summed E-state index contributed by atoms with van der Waals surface area (Å²) in [5, 5.41) is 2.14. The van der Waals surface area contributed by atoms with Crippen molar-refractivity contribution in [3.63, 3.8) is 0 Å². The van der Waals surface area contributed by atoms with Gasteiger partial charge in [-0.15, -0.1) is 11.6 Å². The molecule has 14 heavy (non-hydrogen) atoms. The van der Waals surface area contributed by atoms with E-state index in [0.717, 1.165) is 19.5 Å². The van der Waals surface area contributed by atoms with Crippen LogP contribution in [0.1, 0.15) is 13.3 Å². The lowest BCUT2D eigenvalue weighted by atomic mass is 10.3. The minimum Gasteiger partial charge on any atom is -0.308 e. The summed E-state index contributed by atoms with van der Waals surface area (Å²) < 4.78 is 0. The average molecular weight is 213 g/mol. The summed E-state index contributed by atoms with van der Waals surface area (Å²) in [5.41, 5.74) is 4.48. The highest BCUT2D eigenvalue weighted by Gasteiger charge is 2.02. The van der Waals surface area contributed by atoms with Crippen LogP contribution in [0.5, 0.6) is 0 Å². The third kappa shape index (κ3) is 3.56. The van der Waals surface area contributed by atoms with Crippen molar-refractivity contribution >= 4 is 17.3 Å². The highest BCUT2D eigenvalue weighted by atomic mass is 35.5. The molecule has 0 aliphatic carbocycles. The summed E-state index contributed by atoms with van der Waals surface area (Å²) in [7, 11) is 0. The van der Waals surface area contributed by atoms with Crippen LogP contribution in [0.25, 0.3) is 0 Å². The number of benzene rings is 1. The first kappa shape index (κ1) is 11.3. The molecule has 0 radical (unpaired) electrons. The molecule has 0 atom stereocenters. The number of alkyl halides is 1. The van der Waals surface area contributed by atoms with E-state index in [1.54, 1.807) is 0 Å². The zero-order valence-electron chi connectivity index (χ0n) is 8.54. The van der Waals surface area contributed by atoms with E-state index < -0.39 is 0 Å². The van der Waals surface area contributed by atoms with E-state index in [1.807, 2.05) is 18.2 Å². The number of nitrogens with zero attached hydrogens (tertiary/aromatic N) is 1. The van der Waals surface area contributed by atoms with Crippen LogP contribution >= 0.6 is 11.6 Å². The van der Waals surface area contributed by atoms with Gasteiger partial charge in [-0.05, 0) is 18.6 Å². The predicted molar refractivity (Wildman–Crippen MR) is 62.8 cm³/mol. The molecule has 78 valence electrons. The Bertz CT molecular complexity index is 238. The number of hydrazine groups is 1. The van der Waals surface area contributed by atoms with Crippen molar-refractivity contribution in [3.8, 4) is 0 Å². The molecule has 3 heteroatoms. The molecule has 0 aliphatic heterocycles. The molecule has 0 fully saturated rings. The number of hydrogen-bond acceptors (Lipinski definition) is 2. The van der Waals surface area contributed by atoms with Crippen molar-refractivity contribution in [2.75, 3.05) is 24.0 Å². The first-order valence-corrected chi connectivity index (χ1v) is 5.54. The van der Waals surface area contributed by atoms with Gasteiger partial charge in [-0.1, -0.05) is 25.1 Å². The van der Waals surface area contributed by atoms with Gasteiger partial charge >= 0.3 is 0 Å². The fourth-order valence-corrected chi connectivity index (χ4v) is 1.39. The molecule has 1 rings (SSSR count). The fraction of sp³-hybridized carbons (Fsp3) is 0.455. The maximum Gasteiger partial charge on any atom is 0.0519 e. The highest BCUT2D eigenvalue weighted by Crippen LogP contribution is 2.10. The van der Waals surface area contributed by atoms with Crippen LogP contribution in [0.3, 0.4) is 0 Å². The minimum atomic E-state index is 0.632. The summed E-state index contributed by atoms with van der Waals surface area (Å²) in [6, 6.07) is 10.3. The topological polar surface area (TPSA) is 15.3 Å². The van der Waals surface area contributed by atoms with Crippen LogP contribution < -0.4 is 10.4 Å². The van der Waals surface area contributed by atoms with E-state index >= 15 is 0 Å². The second kappa shape index (κ2) is 6.68. The van der Waals surface area contributed by atoms with Crippen molar-refractivity contribution in [1.29, 1.82) is 0 Å². The third-order valence-corrected chi connectivity index (χ3v) is 2.10. The zero-order valence-corrected chi connectivity index (χ0v) is 9.30. The Hall–Kier alpha value is -0.730. The number of anilines is 1. The van der Waals surface area contributed by atoms with Crippen molar-refractivity contribution in [1.82, 2.24) is 5.43 Å². The molecule has 0 bridgehead atoms. The summed E-state index contributed by atoms with van der Waals surface area (Å²) in [5.74, 6) is 0.632. The normalized spacial score (nSPS) is 10.1. The Kier molecular flexibility index (Phi) is 5.42. The van der Waals surface area contributed by atoms with Crippen molar-refractivity contribution in [2.24, 2.45) is 0 Å². The molecule has 0 amide bonds. The zero-order chi connectivity index (χ0) is 10.2. The summed E-state index contributed by atoms with van der Waals surface area (Å²) >= 11 is 5.64. The van der Waals surface area contributed by atoms with Gasteiger partial charge in [0.05, 0.1) is 5.69 Å². The second-order valence-corrected chi connectivity index (χ2v) is 3.46. The highest BCUT2D eigenvalue weighted by molar-refractivity contribution is 6.18. The van der Waals surface area contributed by atoms with Gasteiger partial charge in [-0.2, -0.15) is 0 Å². The average Bonchev–Trinajstić information content (AvgIpc) is 2.25. The van der Waals surface area contributed by atoms with Gasteiger partial charge in [-0.25, -0.2) is 5.43 Å². The molecule has 1 aromatic carbocycles. The van der Waals surface area contributed by atoms with Crippen molar-refractivity contribution in [2.45, 2.75) is 13.3 Å².